The Bertz CT molecular complexity index is 780. The van der Waals surface area contributed by atoms with Gasteiger partial charge < -0.3 is 10.1 Å². The fraction of sp³-hybridized carbons (Fsp3) is 0.222. The van der Waals surface area contributed by atoms with Crippen molar-refractivity contribution >= 4 is 46.7 Å². The maximum absolute atomic E-state index is 11.9. The van der Waals surface area contributed by atoms with E-state index in [-0.39, 0.29) is 19.1 Å². The van der Waals surface area contributed by atoms with Gasteiger partial charge >= 0.3 is 5.97 Å². The fourth-order valence-electron chi connectivity index (χ4n) is 2.16. The Kier molecular flexibility index (Phi) is 7.12. The van der Waals surface area contributed by atoms with Crippen LogP contribution in [0.2, 0.25) is 15.1 Å². The van der Waals surface area contributed by atoms with Gasteiger partial charge in [-0.3, -0.25) is 9.59 Å². The van der Waals surface area contributed by atoms with Crippen molar-refractivity contribution in [2.75, 3.05) is 6.61 Å². The molecule has 1 amide bonds. The number of ether oxygens (including phenoxy) is 1. The summed E-state index contributed by atoms with van der Waals surface area (Å²) >= 11 is 17.6. The molecule has 7 heteroatoms. The predicted molar refractivity (Wildman–Crippen MR) is 99.1 cm³/mol. The average molecular weight is 401 g/mol. The minimum atomic E-state index is -0.524. The molecule has 4 nitrogen and oxygen atoms in total. The SMILES string of the molecule is C[C@@H](NC(=O)COC(=O)Cc1ccc(Cl)c(Cl)c1)c1cccc(Cl)c1. The molecule has 25 heavy (non-hydrogen) atoms. The summed E-state index contributed by atoms with van der Waals surface area (Å²) in [6.07, 6.45) is 0.00795. The van der Waals surface area contributed by atoms with Crippen LogP contribution in [-0.2, 0) is 20.7 Å². The van der Waals surface area contributed by atoms with E-state index in [2.05, 4.69) is 5.32 Å². The van der Waals surface area contributed by atoms with Crippen molar-refractivity contribution in [3.63, 3.8) is 0 Å². The number of hydrogen-bond acceptors (Lipinski definition) is 3. The second kappa shape index (κ2) is 9.09. The molecular weight excluding hydrogens is 385 g/mol. The largest absolute Gasteiger partial charge is 0.455 e. The van der Waals surface area contributed by atoms with Gasteiger partial charge in [-0.25, -0.2) is 0 Å². The van der Waals surface area contributed by atoms with Crippen molar-refractivity contribution in [1.29, 1.82) is 0 Å². The van der Waals surface area contributed by atoms with Crippen LogP contribution in [0.5, 0.6) is 0 Å². The fourth-order valence-corrected chi connectivity index (χ4v) is 2.68. The topological polar surface area (TPSA) is 55.4 Å². The lowest BCUT2D eigenvalue weighted by Gasteiger charge is -2.14. The maximum Gasteiger partial charge on any atom is 0.310 e. The lowest BCUT2D eigenvalue weighted by Crippen LogP contribution is -2.31. The number of rotatable bonds is 6. The van der Waals surface area contributed by atoms with E-state index in [0.29, 0.717) is 20.6 Å². The van der Waals surface area contributed by atoms with E-state index in [1.807, 2.05) is 13.0 Å². The first-order valence-electron chi connectivity index (χ1n) is 7.49. The van der Waals surface area contributed by atoms with Gasteiger partial charge in [-0.05, 0) is 42.3 Å². The van der Waals surface area contributed by atoms with Crippen molar-refractivity contribution in [2.45, 2.75) is 19.4 Å². The maximum atomic E-state index is 11.9. The molecule has 1 N–H and O–H groups in total. The Hall–Kier alpha value is -1.75. The lowest BCUT2D eigenvalue weighted by molar-refractivity contribution is -0.148. The number of nitrogens with one attached hydrogen (secondary N) is 1. The summed E-state index contributed by atoms with van der Waals surface area (Å²) < 4.78 is 4.99. The molecule has 0 aliphatic heterocycles. The molecule has 1 atom stereocenters. The highest BCUT2D eigenvalue weighted by Crippen LogP contribution is 2.23. The van der Waals surface area contributed by atoms with E-state index >= 15 is 0 Å². The molecule has 132 valence electrons. The van der Waals surface area contributed by atoms with Crippen LogP contribution in [0.4, 0.5) is 0 Å². The molecule has 0 heterocycles. The van der Waals surface area contributed by atoms with E-state index in [4.69, 9.17) is 39.5 Å². The molecule has 0 saturated carbocycles. The molecule has 0 aliphatic rings. The third-order valence-electron chi connectivity index (χ3n) is 3.42. The predicted octanol–water partition coefficient (Wildman–Crippen LogP) is 4.61. The molecule has 0 fully saturated rings. The highest BCUT2D eigenvalue weighted by Gasteiger charge is 2.13. The van der Waals surface area contributed by atoms with Crippen molar-refractivity contribution in [2.24, 2.45) is 0 Å². The van der Waals surface area contributed by atoms with Gasteiger partial charge in [-0.2, -0.15) is 0 Å². The number of amides is 1. The average Bonchev–Trinajstić information content (AvgIpc) is 2.56. The highest BCUT2D eigenvalue weighted by atomic mass is 35.5. The van der Waals surface area contributed by atoms with Gasteiger partial charge in [0.25, 0.3) is 5.91 Å². The third-order valence-corrected chi connectivity index (χ3v) is 4.40. The molecular formula is C18H16Cl3NO3. The molecule has 0 bridgehead atoms. The van der Waals surface area contributed by atoms with Crippen LogP contribution in [0.25, 0.3) is 0 Å². The monoisotopic (exact) mass is 399 g/mol. The molecule has 2 aromatic carbocycles. The van der Waals surface area contributed by atoms with Crippen LogP contribution in [-0.4, -0.2) is 18.5 Å². The van der Waals surface area contributed by atoms with Crippen LogP contribution >= 0.6 is 34.8 Å². The van der Waals surface area contributed by atoms with Gasteiger partial charge in [0.2, 0.25) is 0 Å². The van der Waals surface area contributed by atoms with Gasteiger partial charge in [0.05, 0.1) is 22.5 Å². The van der Waals surface area contributed by atoms with Crippen LogP contribution in [0.3, 0.4) is 0 Å². The quantitative estimate of drug-likeness (QED) is 0.720. The number of benzene rings is 2. The highest BCUT2D eigenvalue weighted by molar-refractivity contribution is 6.42. The zero-order chi connectivity index (χ0) is 18.4. The second-order valence-electron chi connectivity index (χ2n) is 5.43. The van der Waals surface area contributed by atoms with E-state index in [1.165, 1.54) is 0 Å². The summed E-state index contributed by atoms with van der Waals surface area (Å²) in [5.41, 5.74) is 1.52. The number of hydrogen-bond donors (Lipinski definition) is 1. The Morgan fingerprint density at radius 3 is 2.52 bits per heavy atom. The normalized spacial score (nSPS) is 11.7. The lowest BCUT2D eigenvalue weighted by atomic mass is 10.1. The van der Waals surface area contributed by atoms with Crippen LogP contribution in [0.1, 0.15) is 24.1 Å². The molecule has 0 spiro atoms. The minimum Gasteiger partial charge on any atom is -0.455 e. The Labute approximate surface area is 161 Å². The number of carbonyl (C=O) groups is 2. The Morgan fingerprint density at radius 1 is 1.08 bits per heavy atom. The number of esters is 1. The molecule has 0 saturated heterocycles. The van der Waals surface area contributed by atoms with Crippen molar-refractivity contribution in [1.82, 2.24) is 5.32 Å². The molecule has 2 aromatic rings. The molecule has 2 rings (SSSR count). The van der Waals surface area contributed by atoms with Gasteiger partial charge in [-0.1, -0.05) is 53.0 Å². The first-order chi connectivity index (χ1) is 11.8. The Morgan fingerprint density at radius 2 is 1.84 bits per heavy atom. The summed E-state index contributed by atoms with van der Waals surface area (Å²) in [6.45, 7) is 1.46. The Balaban J connectivity index is 1.80. The molecule has 0 aromatic heterocycles. The summed E-state index contributed by atoms with van der Waals surface area (Å²) in [5.74, 6) is -0.918. The van der Waals surface area contributed by atoms with E-state index in [1.54, 1.807) is 36.4 Å². The first kappa shape index (κ1) is 19.6. The van der Waals surface area contributed by atoms with E-state index in [0.717, 1.165) is 5.56 Å². The summed E-state index contributed by atoms with van der Waals surface area (Å²) in [6, 6.07) is 11.8. The van der Waals surface area contributed by atoms with Crippen LogP contribution in [0, 0.1) is 0 Å². The zero-order valence-electron chi connectivity index (χ0n) is 13.4. The van der Waals surface area contributed by atoms with E-state index in [9.17, 15) is 9.59 Å². The summed E-state index contributed by atoms with van der Waals surface area (Å²) in [7, 11) is 0. The summed E-state index contributed by atoms with van der Waals surface area (Å²) in [4.78, 5) is 23.7. The number of carbonyl (C=O) groups excluding carboxylic acids is 2. The standard InChI is InChI=1S/C18H16Cl3NO3/c1-11(13-3-2-4-14(19)9-13)22-17(23)10-25-18(24)8-12-5-6-15(20)16(21)7-12/h2-7,9,11H,8,10H2,1H3,(H,22,23)/t11-/m1/s1. The second-order valence-corrected chi connectivity index (χ2v) is 6.68. The summed E-state index contributed by atoms with van der Waals surface area (Å²) in [5, 5.41) is 4.11. The van der Waals surface area contributed by atoms with Crippen molar-refractivity contribution < 1.29 is 14.3 Å². The number of halogens is 3. The van der Waals surface area contributed by atoms with Gasteiger partial charge in [-0.15, -0.1) is 0 Å². The third kappa shape index (κ3) is 6.24. The molecule has 0 radical (unpaired) electrons. The van der Waals surface area contributed by atoms with Gasteiger partial charge in [0, 0.05) is 5.02 Å². The van der Waals surface area contributed by atoms with Crippen LogP contribution in [0.15, 0.2) is 42.5 Å². The van der Waals surface area contributed by atoms with E-state index < -0.39 is 11.9 Å². The van der Waals surface area contributed by atoms with Crippen LogP contribution < -0.4 is 5.32 Å². The van der Waals surface area contributed by atoms with Crippen molar-refractivity contribution in [3.8, 4) is 0 Å². The van der Waals surface area contributed by atoms with Crippen molar-refractivity contribution in [3.05, 3.63) is 68.7 Å². The first-order valence-corrected chi connectivity index (χ1v) is 8.63. The van der Waals surface area contributed by atoms with Gasteiger partial charge in [0.1, 0.15) is 0 Å². The smallest absolute Gasteiger partial charge is 0.310 e. The minimum absolute atomic E-state index is 0.00795. The molecule has 0 unspecified atom stereocenters. The van der Waals surface area contributed by atoms with Gasteiger partial charge in [0.15, 0.2) is 6.61 Å². The molecule has 0 aliphatic carbocycles. The zero-order valence-corrected chi connectivity index (χ0v) is 15.7.